The number of rotatable bonds is 6. The van der Waals surface area contributed by atoms with Gasteiger partial charge in [-0.15, -0.1) is 0 Å². The normalized spacial score (nSPS) is 23.3. The van der Waals surface area contributed by atoms with E-state index in [2.05, 4.69) is 147 Å². The van der Waals surface area contributed by atoms with Gasteiger partial charge in [-0.25, -0.2) is 9.97 Å². The molecule has 45 heavy (non-hydrogen) atoms. The molecule has 0 radical (unpaired) electrons. The Morgan fingerprint density at radius 1 is 0.778 bits per heavy atom. The molecule has 8 rings (SSSR count). The smallest absolute Gasteiger partial charge is 0.161 e. The van der Waals surface area contributed by atoms with Gasteiger partial charge in [-0.3, -0.25) is 0 Å². The molecule has 0 aliphatic carbocycles. The van der Waals surface area contributed by atoms with Gasteiger partial charge < -0.3 is 19.6 Å². The van der Waals surface area contributed by atoms with E-state index in [9.17, 15) is 0 Å². The Kier molecular flexibility index (Phi) is 6.32. The third-order valence-electron chi connectivity index (χ3n) is 11.7. The van der Waals surface area contributed by atoms with Crippen LogP contribution in [0, 0.1) is 12.3 Å². The monoisotopic (exact) mass is 596 g/mol. The summed E-state index contributed by atoms with van der Waals surface area (Å²) >= 11 is 0. The third-order valence-corrected chi connectivity index (χ3v) is 11.7. The molecule has 0 N–H and O–H groups in total. The van der Waals surface area contributed by atoms with Gasteiger partial charge in [0.1, 0.15) is 18.0 Å². The van der Waals surface area contributed by atoms with Gasteiger partial charge >= 0.3 is 0 Å². The van der Waals surface area contributed by atoms with Gasteiger partial charge in [0.2, 0.25) is 0 Å². The summed E-state index contributed by atoms with van der Waals surface area (Å²) in [5, 5.41) is 0. The fourth-order valence-corrected chi connectivity index (χ4v) is 9.69. The zero-order valence-electron chi connectivity index (χ0n) is 27.5. The molecule has 230 valence electrons. The number of nitrogens with zero attached hydrogens (tertiary/aromatic N) is 6. The maximum atomic E-state index is 5.40. The van der Waals surface area contributed by atoms with Gasteiger partial charge in [0.15, 0.2) is 11.6 Å². The van der Waals surface area contributed by atoms with Gasteiger partial charge in [0.25, 0.3) is 0 Å². The molecule has 4 aromatic rings. The van der Waals surface area contributed by atoms with E-state index in [1.807, 2.05) is 0 Å². The largest absolute Gasteiger partial charge is 0.358 e. The maximum Gasteiger partial charge on any atom is 0.161 e. The Morgan fingerprint density at radius 2 is 1.49 bits per heavy atom. The van der Waals surface area contributed by atoms with Gasteiger partial charge in [0, 0.05) is 48.8 Å². The molecule has 4 aliphatic rings. The lowest BCUT2D eigenvalue weighted by molar-refractivity contribution is 0.0438. The number of hydrogen-bond donors (Lipinski definition) is 0. The van der Waals surface area contributed by atoms with Gasteiger partial charge in [-0.2, -0.15) is 0 Å². The van der Waals surface area contributed by atoms with Crippen LogP contribution in [0.15, 0.2) is 85.3 Å². The fourth-order valence-electron chi connectivity index (χ4n) is 9.69. The predicted octanol–water partition coefficient (Wildman–Crippen LogP) is 8.38. The molecular weight excluding hydrogens is 552 g/mol. The molecule has 0 saturated carbocycles. The number of fused-ring (bicyclic) bond motifs is 11. The Labute approximate surface area is 268 Å². The molecule has 1 spiro atoms. The summed E-state index contributed by atoms with van der Waals surface area (Å²) in [6.45, 7) is 9.30. The van der Waals surface area contributed by atoms with Crippen LogP contribution in [0.4, 0.5) is 22.9 Å². The van der Waals surface area contributed by atoms with Crippen LogP contribution in [-0.4, -0.2) is 41.3 Å². The van der Waals surface area contributed by atoms with Crippen LogP contribution < -0.4 is 14.7 Å². The Balaban J connectivity index is 1.36. The first kappa shape index (κ1) is 28.2. The minimum Gasteiger partial charge on any atom is -0.358 e. The second-order valence-corrected chi connectivity index (χ2v) is 13.4. The molecule has 0 saturated heterocycles. The first-order valence-electron chi connectivity index (χ1n) is 16.8. The molecule has 4 aliphatic heterocycles. The lowest BCUT2D eigenvalue weighted by Gasteiger charge is -2.62. The van der Waals surface area contributed by atoms with E-state index in [0.717, 1.165) is 42.2 Å². The molecule has 5 heterocycles. The number of aryl methyl sites for hydroxylation is 1. The maximum absolute atomic E-state index is 5.40. The van der Waals surface area contributed by atoms with E-state index in [4.69, 9.17) is 9.97 Å². The van der Waals surface area contributed by atoms with E-state index >= 15 is 0 Å². The fraction of sp³-hybridized carbons (Fsp3) is 0.385. The quantitative estimate of drug-likeness (QED) is 0.223. The van der Waals surface area contributed by atoms with Crippen LogP contribution in [0.3, 0.4) is 0 Å². The van der Waals surface area contributed by atoms with Crippen LogP contribution in [0.25, 0.3) is 11.4 Å². The average molecular weight is 597 g/mol. The molecule has 3 aromatic carbocycles. The summed E-state index contributed by atoms with van der Waals surface area (Å²) < 4.78 is 0. The van der Waals surface area contributed by atoms with Crippen molar-refractivity contribution in [2.24, 2.45) is 5.41 Å². The van der Waals surface area contributed by atoms with Crippen LogP contribution in [0.1, 0.15) is 68.7 Å². The molecule has 3 atom stereocenters. The van der Waals surface area contributed by atoms with Gasteiger partial charge in [-0.1, -0.05) is 81.8 Å². The van der Waals surface area contributed by atoms with E-state index < -0.39 is 0 Å². The summed E-state index contributed by atoms with van der Waals surface area (Å²) in [6.07, 6.45) is 12.4. The number of aromatic nitrogens is 2. The van der Waals surface area contributed by atoms with Crippen molar-refractivity contribution in [2.75, 3.05) is 28.8 Å². The minimum atomic E-state index is -0.278. The number of benzene rings is 3. The van der Waals surface area contributed by atoms with E-state index in [1.54, 1.807) is 0 Å². The first-order valence-corrected chi connectivity index (χ1v) is 16.8. The van der Waals surface area contributed by atoms with Crippen molar-refractivity contribution in [1.82, 2.24) is 14.9 Å². The number of anilines is 4. The SMILES string of the molecule is CCCCc1cccc(-c2ncc3c(n2)N(C)C2N3c3ccccc3C3(c4ccccc4N4C=CN(C)C43)C2(CC)CC)c1C. The molecule has 1 aromatic heterocycles. The molecule has 0 amide bonds. The molecular formula is C39H44N6. The molecule has 3 unspecified atom stereocenters. The highest BCUT2D eigenvalue weighted by Gasteiger charge is 2.71. The zero-order chi connectivity index (χ0) is 31.1. The number of hydrogen-bond acceptors (Lipinski definition) is 6. The lowest BCUT2D eigenvalue weighted by atomic mass is 9.50. The van der Waals surface area contributed by atoms with Crippen molar-refractivity contribution in [1.29, 1.82) is 0 Å². The zero-order valence-corrected chi connectivity index (χ0v) is 27.5. The Hall–Kier alpha value is -4.32. The summed E-state index contributed by atoms with van der Waals surface area (Å²) in [6, 6.07) is 24.9. The first-order chi connectivity index (χ1) is 21.9. The Morgan fingerprint density at radius 3 is 2.22 bits per heavy atom. The van der Waals surface area contributed by atoms with Crippen molar-refractivity contribution >= 4 is 22.9 Å². The number of likely N-dealkylation sites (N-methyl/N-ethyl adjacent to an activating group) is 1. The van der Waals surface area contributed by atoms with Crippen molar-refractivity contribution < 1.29 is 0 Å². The van der Waals surface area contributed by atoms with E-state index in [1.165, 1.54) is 46.5 Å². The Bertz CT molecular complexity index is 1820. The van der Waals surface area contributed by atoms with E-state index in [-0.39, 0.29) is 23.2 Å². The molecule has 0 bridgehead atoms. The van der Waals surface area contributed by atoms with Crippen LogP contribution in [0.5, 0.6) is 0 Å². The number of para-hydroxylation sites is 2. The highest BCUT2D eigenvalue weighted by molar-refractivity contribution is 5.88. The van der Waals surface area contributed by atoms with Crippen LogP contribution in [-0.2, 0) is 11.8 Å². The van der Waals surface area contributed by atoms with Crippen molar-refractivity contribution in [3.63, 3.8) is 0 Å². The highest BCUT2D eigenvalue weighted by atomic mass is 15.5. The van der Waals surface area contributed by atoms with E-state index in [0.29, 0.717) is 0 Å². The average Bonchev–Trinajstić information content (AvgIpc) is 3.70. The lowest BCUT2D eigenvalue weighted by Crippen LogP contribution is -2.69. The summed E-state index contributed by atoms with van der Waals surface area (Å²) in [4.78, 5) is 20.5. The standard InChI is InChI=1S/C39H44N6/c1-7-10-16-27-17-15-18-28(26(27)4)34-40-25-33-35(41-34)43(6)36-38(8-2,9-3)39(30-20-12-14-22-32(30)45(33)36)29-19-11-13-21-31(29)44-24-23-42(5)37(39)44/h11-15,17-25,36-37H,7-10,16H2,1-6H3. The topological polar surface area (TPSA) is 38.7 Å². The molecule has 0 fully saturated rings. The van der Waals surface area contributed by atoms with Crippen molar-refractivity contribution in [2.45, 2.75) is 77.5 Å². The predicted molar refractivity (Wildman–Crippen MR) is 185 cm³/mol. The van der Waals surface area contributed by atoms with Crippen molar-refractivity contribution in [3.8, 4) is 11.4 Å². The molecule has 6 heteroatoms. The third kappa shape index (κ3) is 3.40. The second-order valence-electron chi connectivity index (χ2n) is 13.4. The summed E-state index contributed by atoms with van der Waals surface area (Å²) in [5.41, 5.74) is 9.90. The minimum absolute atomic E-state index is 0.0703. The molecule has 6 nitrogen and oxygen atoms in total. The number of unbranched alkanes of at least 4 members (excludes halogenated alkanes) is 1. The second kappa shape index (κ2) is 10.1. The van der Waals surface area contributed by atoms with Crippen LogP contribution >= 0.6 is 0 Å². The summed E-state index contributed by atoms with van der Waals surface area (Å²) in [7, 11) is 4.52. The van der Waals surface area contributed by atoms with Gasteiger partial charge in [-0.05, 0) is 67.0 Å². The van der Waals surface area contributed by atoms with Gasteiger partial charge in [0.05, 0.1) is 11.6 Å². The summed E-state index contributed by atoms with van der Waals surface area (Å²) in [5.74, 6) is 1.83. The highest BCUT2D eigenvalue weighted by Crippen LogP contribution is 2.70. The van der Waals surface area contributed by atoms with Crippen LogP contribution in [0.2, 0.25) is 0 Å². The van der Waals surface area contributed by atoms with Crippen molar-refractivity contribution in [3.05, 3.63) is 108 Å².